The normalized spacial score (nSPS) is 14.7. The van der Waals surface area contributed by atoms with E-state index in [1.54, 1.807) is 17.0 Å². The Labute approximate surface area is 160 Å². The van der Waals surface area contributed by atoms with Gasteiger partial charge >= 0.3 is 0 Å². The van der Waals surface area contributed by atoms with Crippen molar-refractivity contribution in [1.82, 2.24) is 20.4 Å². The van der Waals surface area contributed by atoms with Crippen LogP contribution in [0.15, 0.2) is 28.3 Å². The van der Waals surface area contributed by atoms with E-state index < -0.39 is 0 Å². The number of hydrogen-bond acceptors (Lipinski definition) is 7. The lowest BCUT2D eigenvalue weighted by molar-refractivity contribution is -0.134. The van der Waals surface area contributed by atoms with Gasteiger partial charge in [0.25, 0.3) is 5.91 Å². The molecule has 2 aromatic rings. The molecule has 1 aliphatic heterocycles. The first kappa shape index (κ1) is 19.0. The third-order valence-electron chi connectivity index (χ3n) is 4.44. The molecule has 1 aliphatic rings. The number of likely N-dealkylation sites (tertiary alicyclic amines) is 1. The van der Waals surface area contributed by atoms with Crippen LogP contribution in [0.25, 0.3) is 0 Å². The summed E-state index contributed by atoms with van der Waals surface area (Å²) in [4.78, 5) is 37.7. The van der Waals surface area contributed by atoms with Gasteiger partial charge in [0.15, 0.2) is 5.76 Å². The highest BCUT2D eigenvalue weighted by molar-refractivity contribution is 7.13. The first-order valence-corrected chi connectivity index (χ1v) is 9.65. The van der Waals surface area contributed by atoms with Gasteiger partial charge in [-0.3, -0.25) is 14.4 Å². The summed E-state index contributed by atoms with van der Waals surface area (Å²) in [6.07, 6.45) is 3.40. The number of nitrogens with one attached hydrogen (secondary N) is 2. The second-order valence-electron chi connectivity index (χ2n) is 6.30. The molecule has 0 aliphatic carbocycles. The van der Waals surface area contributed by atoms with Gasteiger partial charge in [0, 0.05) is 32.5 Å². The number of piperidine rings is 1. The molecule has 0 radical (unpaired) electrons. The van der Waals surface area contributed by atoms with Crippen molar-refractivity contribution < 1.29 is 18.8 Å². The van der Waals surface area contributed by atoms with Crippen molar-refractivity contribution in [3.05, 3.63) is 29.7 Å². The average molecular weight is 391 g/mol. The van der Waals surface area contributed by atoms with Crippen LogP contribution in [-0.4, -0.2) is 52.5 Å². The van der Waals surface area contributed by atoms with E-state index in [-0.39, 0.29) is 30.6 Å². The van der Waals surface area contributed by atoms with E-state index in [4.69, 9.17) is 4.42 Å². The highest BCUT2D eigenvalue weighted by atomic mass is 32.1. The Morgan fingerprint density at radius 3 is 2.74 bits per heavy atom. The Kier molecular flexibility index (Phi) is 6.53. The van der Waals surface area contributed by atoms with Crippen LogP contribution in [0.3, 0.4) is 0 Å². The molecule has 0 bridgehead atoms. The molecule has 9 nitrogen and oxygen atoms in total. The number of furan rings is 1. The first-order valence-electron chi connectivity index (χ1n) is 8.77. The number of hydrogen-bond donors (Lipinski definition) is 2. The molecule has 0 aromatic carbocycles. The van der Waals surface area contributed by atoms with Gasteiger partial charge in [-0.25, -0.2) is 0 Å². The van der Waals surface area contributed by atoms with Gasteiger partial charge in [-0.05, 0) is 30.9 Å². The number of carbonyl (C=O) groups is 3. The molecule has 144 valence electrons. The Morgan fingerprint density at radius 1 is 1.26 bits per heavy atom. The van der Waals surface area contributed by atoms with E-state index in [0.29, 0.717) is 36.4 Å². The third kappa shape index (κ3) is 5.61. The van der Waals surface area contributed by atoms with Crippen molar-refractivity contribution in [1.29, 1.82) is 0 Å². The lowest BCUT2D eigenvalue weighted by Gasteiger charge is -2.32. The highest BCUT2D eigenvalue weighted by Gasteiger charge is 2.23. The Balaban J connectivity index is 1.33. The predicted molar refractivity (Wildman–Crippen MR) is 98.1 cm³/mol. The highest BCUT2D eigenvalue weighted by Crippen LogP contribution is 2.18. The molecule has 27 heavy (non-hydrogen) atoms. The maximum absolute atomic E-state index is 12.3. The molecule has 2 N–H and O–H groups in total. The molecular formula is C17H21N5O4S. The van der Waals surface area contributed by atoms with Crippen LogP contribution < -0.4 is 10.6 Å². The van der Waals surface area contributed by atoms with Gasteiger partial charge in [0.1, 0.15) is 5.51 Å². The number of aromatic nitrogens is 2. The molecule has 3 heterocycles. The number of amides is 3. The zero-order chi connectivity index (χ0) is 19.1. The molecule has 2 aromatic heterocycles. The van der Waals surface area contributed by atoms with Crippen molar-refractivity contribution in [3.63, 3.8) is 0 Å². The van der Waals surface area contributed by atoms with Crippen molar-refractivity contribution in [3.8, 4) is 0 Å². The maximum atomic E-state index is 12.3. The van der Waals surface area contributed by atoms with E-state index in [1.807, 2.05) is 0 Å². The Hall–Kier alpha value is -2.75. The van der Waals surface area contributed by atoms with E-state index in [2.05, 4.69) is 20.8 Å². The van der Waals surface area contributed by atoms with Gasteiger partial charge in [-0.1, -0.05) is 11.3 Å². The smallest absolute Gasteiger partial charge is 0.286 e. The fraction of sp³-hybridized carbons (Fsp3) is 0.471. The van der Waals surface area contributed by atoms with Gasteiger partial charge < -0.3 is 20.0 Å². The molecule has 1 saturated heterocycles. The largest absolute Gasteiger partial charge is 0.459 e. The molecule has 0 saturated carbocycles. The van der Waals surface area contributed by atoms with Crippen molar-refractivity contribution in [2.45, 2.75) is 25.7 Å². The lowest BCUT2D eigenvalue weighted by atomic mass is 9.96. The Bertz CT molecular complexity index is 754. The SMILES string of the molecule is O=C(CCC(=O)N1CCC(CNC(=O)c2ccco2)CC1)Nc1nncs1. The molecule has 10 heteroatoms. The van der Waals surface area contributed by atoms with Crippen LogP contribution in [-0.2, 0) is 9.59 Å². The van der Waals surface area contributed by atoms with E-state index in [0.717, 1.165) is 12.8 Å². The fourth-order valence-electron chi connectivity index (χ4n) is 2.91. The van der Waals surface area contributed by atoms with Crippen molar-refractivity contribution in [2.75, 3.05) is 25.0 Å². The van der Waals surface area contributed by atoms with Crippen LogP contribution in [0.2, 0.25) is 0 Å². The quantitative estimate of drug-likeness (QED) is 0.739. The van der Waals surface area contributed by atoms with Crippen LogP contribution in [0, 0.1) is 5.92 Å². The van der Waals surface area contributed by atoms with Gasteiger partial charge in [0.05, 0.1) is 6.26 Å². The zero-order valence-electron chi connectivity index (χ0n) is 14.7. The molecule has 0 atom stereocenters. The second-order valence-corrected chi connectivity index (χ2v) is 7.14. The van der Waals surface area contributed by atoms with Crippen LogP contribution in [0.1, 0.15) is 36.2 Å². The number of carbonyl (C=O) groups excluding carboxylic acids is 3. The van der Waals surface area contributed by atoms with Gasteiger partial charge in [0.2, 0.25) is 16.9 Å². The lowest BCUT2D eigenvalue weighted by Crippen LogP contribution is -2.41. The minimum atomic E-state index is -0.240. The van der Waals surface area contributed by atoms with Crippen molar-refractivity contribution >= 4 is 34.2 Å². The minimum absolute atomic E-state index is 0.0273. The van der Waals surface area contributed by atoms with Crippen LogP contribution in [0.4, 0.5) is 5.13 Å². The summed E-state index contributed by atoms with van der Waals surface area (Å²) in [7, 11) is 0. The fourth-order valence-corrected chi connectivity index (χ4v) is 3.37. The summed E-state index contributed by atoms with van der Waals surface area (Å²) in [5.41, 5.74) is 1.53. The summed E-state index contributed by atoms with van der Waals surface area (Å²) in [5.74, 6) is 0.138. The summed E-state index contributed by atoms with van der Waals surface area (Å²) < 4.78 is 5.06. The summed E-state index contributed by atoms with van der Waals surface area (Å²) in [6.45, 7) is 1.84. The van der Waals surface area contributed by atoms with Crippen LogP contribution >= 0.6 is 11.3 Å². The number of anilines is 1. The summed E-state index contributed by atoms with van der Waals surface area (Å²) in [6, 6.07) is 3.30. The number of nitrogens with zero attached hydrogens (tertiary/aromatic N) is 3. The number of rotatable bonds is 7. The topological polar surface area (TPSA) is 117 Å². The molecule has 1 fully saturated rings. The minimum Gasteiger partial charge on any atom is -0.459 e. The predicted octanol–water partition coefficient (Wildman–Crippen LogP) is 1.52. The standard InChI is InChI=1S/C17H21N5O4S/c23-14(20-17-21-19-11-27-17)3-4-15(24)22-7-5-12(6-8-22)10-18-16(25)13-2-1-9-26-13/h1-2,9,11-12H,3-8,10H2,(H,18,25)(H,20,21,23). The molecule has 3 rings (SSSR count). The van der Waals surface area contributed by atoms with E-state index >= 15 is 0 Å². The Morgan fingerprint density at radius 2 is 2.07 bits per heavy atom. The molecule has 3 amide bonds. The molecule has 0 spiro atoms. The van der Waals surface area contributed by atoms with Crippen LogP contribution in [0.5, 0.6) is 0 Å². The summed E-state index contributed by atoms with van der Waals surface area (Å²) in [5, 5.41) is 13.3. The third-order valence-corrected chi connectivity index (χ3v) is 5.04. The first-order chi connectivity index (χ1) is 13.1. The zero-order valence-corrected chi connectivity index (χ0v) is 15.5. The van der Waals surface area contributed by atoms with Crippen molar-refractivity contribution in [2.24, 2.45) is 5.92 Å². The summed E-state index contributed by atoms with van der Waals surface area (Å²) >= 11 is 1.23. The van der Waals surface area contributed by atoms with Gasteiger partial charge in [-0.15, -0.1) is 10.2 Å². The van der Waals surface area contributed by atoms with E-state index in [1.165, 1.54) is 23.1 Å². The second kappa shape index (κ2) is 9.26. The molecule has 0 unspecified atom stereocenters. The average Bonchev–Trinajstić information content (AvgIpc) is 3.38. The van der Waals surface area contributed by atoms with Gasteiger partial charge in [-0.2, -0.15) is 0 Å². The maximum Gasteiger partial charge on any atom is 0.286 e. The monoisotopic (exact) mass is 391 g/mol. The molecular weight excluding hydrogens is 370 g/mol. The van der Waals surface area contributed by atoms with E-state index in [9.17, 15) is 14.4 Å².